The van der Waals surface area contributed by atoms with E-state index in [1.54, 1.807) is 6.33 Å². The summed E-state index contributed by atoms with van der Waals surface area (Å²) in [7, 11) is 0. The molecule has 3 unspecified atom stereocenters. The van der Waals surface area contributed by atoms with Gasteiger partial charge >= 0.3 is 0 Å². The lowest BCUT2D eigenvalue weighted by Crippen LogP contribution is -2.26. The molecule has 1 aromatic rings. The summed E-state index contributed by atoms with van der Waals surface area (Å²) in [6.07, 6.45) is 7.09. The minimum Gasteiger partial charge on any atom is -0.478 e. The molecule has 1 heterocycles. The molecular formula is C13H19N3O. The van der Waals surface area contributed by atoms with Gasteiger partial charge < -0.3 is 10.1 Å². The average molecular weight is 233 g/mol. The van der Waals surface area contributed by atoms with E-state index in [1.807, 2.05) is 13.0 Å². The van der Waals surface area contributed by atoms with Crippen molar-refractivity contribution in [2.75, 3.05) is 11.9 Å². The van der Waals surface area contributed by atoms with Gasteiger partial charge in [0.1, 0.15) is 12.1 Å². The van der Waals surface area contributed by atoms with E-state index in [0.29, 0.717) is 18.5 Å². The van der Waals surface area contributed by atoms with Crippen LogP contribution in [0.3, 0.4) is 0 Å². The van der Waals surface area contributed by atoms with Crippen molar-refractivity contribution in [1.82, 2.24) is 9.97 Å². The molecule has 17 heavy (non-hydrogen) atoms. The van der Waals surface area contributed by atoms with Gasteiger partial charge in [0.2, 0.25) is 5.88 Å². The van der Waals surface area contributed by atoms with Gasteiger partial charge in [0.25, 0.3) is 0 Å². The van der Waals surface area contributed by atoms with Crippen LogP contribution < -0.4 is 10.1 Å². The Kier molecular flexibility index (Phi) is 2.87. The average Bonchev–Trinajstić information content (AvgIpc) is 2.92. The number of rotatable bonds is 4. The zero-order chi connectivity index (χ0) is 11.7. The lowest BCUT2D eigenvalue weighted by Gasteiger charge is -2.23. The largest absolute Gasteiger partial charge is 0.478 e. The van der Waals surface area contributed by atoms with Crippen molar-refractivity contribution in [2.24, 2.45) is 11.8 Å². The Balaban J connectivity index is 1.66. The minimum atomic E-state index is 0.609. The summed E-state index contributed by atoms with van der Waals surface area (Å²) in [4.78, 5) is 8.34. The number of hydrogen-bond acceptors (Lipinski definition) is 4. The fourth-order valence-electron chi connectivity index (χ4n) is 3.26. The smallest absolute Gasteiger partial charge is 0.218 e. The quantitative estimate of drug-likeness (QED) is 0.868. The van der Waals surface area contributed by atoms with Crippen LogP contribution in [0.25, 0.3) is 0 Å². The van der Waals surface area contributed by atoms with Crippen molar-refractivity contribution in [3.05, 3.63) is 12.4 Å². The third-order valence-corrected chi connectivity index (χ3v) is 4.01. The van der Waals surface area contributed by atoms with Crippen molar-refractivity contribution in [3.63, 3.8) is 0 Å². The fraction of sp³-hybridized carbons (Fsp3) is 0.692. The Labute approximate surface area is 102 Å². The molecule has 0 amide bonds. The Morgan fingerprint density at radius 1 is 1.35 bits per heavy atom. The van der Waals surface area contributed by atoms with Crippen LogP contribution in [0, 0.1) is 11.8 Å². The summed E-state index contributed by atoms with van der Waals surface area (Å²) >= 11 is 0. The van der Waals surface area contributed by atoms with Gasteiger partial charge in [-0.25, -0.2) is 9.97 Å². The summed E-state index contributed by atoms with van der Waals surface area (Å²) in [6.45, 7) is 2.61. The van der Waals surface area contributed by atoms with Crippen molar-refractivity contribution in [1.29, 1.82) is 0 Å². The Bertz CT molecular complexity index is 396. The molecule has 3 atom stereocenters. The molecule has 2 bridgehead atoms. The number of nitrogens with zero attached hydrogens (tertiary/aromatic N) is 2. The van der Waals surface area contributed by atoms with Crippen LogP contribution in [0.1, 0.15) is 32.6 Å². The molecule has 0 radical (unpaired) electrons. The van der Waals surface area contributed by atoms with E-state index < -0.39 is 0 Å². The molecule has 2 aliphatic rings. The molecule has 2 aliphatic carbocycles. The lowest BCUT2D eigenvalue weighted by atomic mass is 9.95. The molecule has 4 nitrogen and oxygen atoms in total. The number of anilines is 1. The number of ether oxygens (including phenoxy) is 1. The van der Waals surface area contributed by atoms with E-state index in [2.05, 4.69) is 15.3 Å². The SMILES string of the molecule is CCOc1cc(NC2CC3CCC2C3)ncn1. The monoisotopic (exact) mass is 233 g/mol. The topological polar surface area (TPSA) is 47.0 Å². The molecule has 2 saturated carbocycles. The molecule has 0 aromatic carbocycles. The van der Waals surface area contributed by atoms with Crippen molar-refractivity contribution in [3.8, 4) is 5.88 Å². The number of hydrogen-bond donors (Lipinski definition) is 1. The molecule has 2 fully saturated rings. The summed E-state index contributed by atoms with van der Waals surface area (Å²) in [5.41, 5.74) is 0. The van der Waals surface area contributed by atoms with Gasteiger partial charge in [-0.1, -0.05) is 6.42 Å². The standard InChI is InChI=1S/C13H19N3O/c1-2-17-13-7-12(14-8-15-13)16-11-6-9-3-4-10(11)5-9/h7-11H,2-6H2,1H3,(H,14,15,16). The van der Waals surface area contributed by atoms with Crippen LogP contribution in [0.4, 0.5) is 5.82 Å². The molecule has 1 aromatic heterocycles. The first-order valence-corrected chi connectivity index (χ1v) is 6.56. The number of nitrogens with one attached hydrogen (secondary N) is 1. The highest BCUT2D eigenvalue weighted by Crippen LogP contribution is 2.45. The third-order valence-electron chi connectivity index (χ3n) is 4.01. The van der Waals surface area contributed by atoms with Crippen molar-refractivity contribution in [2.45, 2.75) is 38.6 Å². The molecule has 0 spiro atoms. The first-order chi connectivity index (χ1) is 8.35. The predicted molar refractivity (Wildman–Crippen MR) is 66.1 cm³/mol. The van der Waals surface area contributed by atoms with Gasteiger partial charge in [-0.2, -0.15) is 0 Å². The minimum absolute atomic E-state index is 0.609. The number of aromatic nitrogens is 2. The molecule has 3 rings (SSSR count). The maximum Gasteiger partial charge on any atom is 0.218 e. The zero-order valence-corrected chi connectivity index (χ0v) is 10.2. The highest BCUT2D eigenvalue weighted by Gasteiger charge is 2.39. The number of fused-ring (bicyclic) bond motifs is 2. The highest BCUT2D eigenvalue weighted by atomic mass is 16.5. The van der Waals surface area contributed by atoms with Crippen LogP contribution >= 0.6 is 0 Å². The molecule has 4 heteroatoms. The Morgan fingerprint density at radius 3 is 3.00 bits per heavy atom. The maximum absolute atomic E-state index is 5.38. The first-order valence-electron chi connectivity index (χ1n) is 6.56. The van der Waals surface area contributed by atoms with E-state index in [0.717, 1.165) is 17.7 Å². The van der Waals surface area contributed by atoms with Crippen LogP contribution in [0.2, 0.25) is 0 Å². The molecular weight excluding hydrogens is 214 g/mol. The van der Waals surface area contributed by atoms with Crippen molar-refractivity contribution < 1.29 is 4.74 Å². The summed E-state index contributed by atoms with van der Waals surface area (Å²) in [5.74, 6) is 3.37. The van der Waals surface area contributed by atoms with Gasteiger partial charge in [-0.3, -0.25) is 0 Å². The summed E-state index contributed by atoms with van der Waals surface area (Å²) < 4.78 is 5.38. The predicted octanol–water partition coefficient (Wildman–Crippen LogP) is 2.48. The van der Waals surface area contributed by atoms with E-state index in [4.69, 9.17) is 4.74 Å². The van der Waals surface area contributed by atoms with Gasteiger partial charge in [0.15, 0.2) is 0 Å². The summed E-state index contributed by atoms with van der Waals surface area (Å²) in [6, 6.07) is 2.51. The van der Waals surface area contributed by atoms with Crippen LogP contribution in [-0.4, -0.2) is 22.6 Å². The maximum atomic E-state index is 5.38. The Hall–Kier alpha value is -1.32. The van der Waals surface area contributed by atoms with Gasteiger partial charge in [-0.05, 0) is 38.0 Å². The van der Waals surface area contributed by atoms with Crippen LogP contribution in [-0.2, 0) is 0 Å². The molecule has 92 valence electrons. The van der Waals surface area contributed by atoms with Crippen LogP contribution in [0.5, 0.6) is 5.88 Å². The van der Waals surface area contributed by atoms with Gasteiger partial charge in [0.05, 0.1) is 6.61 Å². The zero-order valence-electron chi connectivity index (χ0n) is 10.2. The Morgan fingerprint density at radius 2 is 2.29 bits per heavy atom. The third kappa shape index (κ3) is 2.21. The highest BCUT2D eigenvalue weighted by molar-refractivity contribution is 5.38. The van der Waals surface area contributed by atoms with Gasteiger partial charge in [0, 0.05) is 12.1 Å². The second-order valence-electron chi connectivity index (χ2n) is 5.10. The molecule has 0 aliphatic heterocycles. The van der Waals surface area contributed by atoms with E-state index in [9.17, 15) is 0 Å². The van der Waals surface area contributed by atoms with Gasteiger partial charge in [-0.15, -0.1) is 0 Å². The van der Waals surface area contributed by atoms with E-state index in [1.165, 1.54) is 25.7 Å². The normalized spacial score (nSPS) is 30.5. The van der Waals surface area contributed by atoms with Crippen LogP contribution in [0.15, 0.2) is 12.4 Å². The second-order valence-corrected chi connectivity index (χ2v) is 5.10. The summed E-state index contributed by atoms with van der Waals surface area (Å²) in [5, 5.41) is 3.54. The fourth-order valence-corrected chi connectivity index (χ4v) is 3.26. The van der Waals surface area contributed by atoms with Crippen molar-refractivity contribution >= 4 is 5.82 Å². The molecule has 0 saturated heterocycles. The second kappa shape index (κ2) is 4.51. The lowest BCUT2D eigenvalue weighted by molar-refractivity contribution is 0.326. The van der Waals surface area contributed by atoms with E-state index >= 15 is 0 Å². The molecule has 1 N–H and O–H groups in total. The van der Waals surface area contributed by atoms with E-state index in [-0.39, 0.29) is 0 Å². The first kappa shape index (κ1) is 10.8.